The Bertz CT molecular complexity index is 5000. The fourth-order valence-electron chi connectivity index (χ4n) is 11.7. The van der Waals surface area contributed by atoms with Crippen molar-refractivity contribution in [3.63, 3.8) is 0 Å². The molecule has 0 saturated heterocycles. The SMILES string of the molecule is c1ccc2c(c1)sc1c(N(c3ccc(-c4cncnc4)cc3)c3ccc4oc5cc6c7ccc(N(c8ccc(-c9cncnc9)cc8)c8cccc9c8sc8ccccc89)cc7c7ccccc7c6cc5c4c3)cccc12. The third-order valence-corrected chi connectivity index (χ3v) is 17.6. The van der Waals surface area contributed by atoms with Gasteiger partial charge in [-0.05, 0) is 134 Å². The number of furan rings is 1. The molecule has 0 radical (unpaired) electrons. The van der Waals surface area contributed by atoms with Gasteiger partial charge in [-0.2, -0.15) is 0 Å². The molecular formula is C68H40N6OS2. The van der Waals surface area contributed by atoms with E-state index in [1.54, 1.807) is 12.7 Å². The van der Waals surface area contributed by atoms with Crippen molar-refractivity contribution in [3.8, 4) is 22.3 Å². The molecule has 0 bridgehead atoms. The zero-order valence-electron chi connectivity index (χ0n) is 41.0. The van der Waals surface area contributed by atoms with Crippen LogP contribution in [-0.4, -0.2) is 19.9 Å². The van der Waals surface area contributed by atoms with Crippen LogP contribution in [0.5, 0.6) is 0 Å². The molecule has 0 saturated carbocycles. The monoisotopic (exact) mass is 1020 g/mol. The van der Waals surface area contributed by atoms with Gasteiger partial charge in [-0.1, -0.05) is 115 Å². The Hall–Kier alpha value is -9.80. The molecule has 0 aliphatic carbocycles. The molecule has 16 rings (SSSR count). The minimum absolute atomic E-state index is 0.839. The van der Waals surface area contributed by atoms with E-state index >= 15 is 0 Å². The Morgan fingerprint density at radius 1 is 0.286 bits per heavy atom. The molecule has 77 heavy (non-hydrogen) atoms. The van der Waals surface area contributed by atoms with Crippen LogP contribution in [0.1, 0.15) is 0 Å². The van der Waals surface area contributed by atoms with Crippen LogP contribution in [0.4, 0.5) is 34.1 Å². The lowest BCUT2D eigenvalue weighted by Crippen LogP contribution is -2.10. The van der Waals surface area contributed by atoms with Gasteiger partial charge >= 0.3 is 0 Å². The van der Waals surface area contributed by atoms with Crippen LogP contribution in [0.2, 0.25) is 0 Å². The van der Waals surface area contributed by atoms with Crippen molar-refractivity contribution < 1.29 is 4.42 Å². The van der Waals surface area contributed by atoms with E-state index in [0.29, 0.717) is 0 Å². The fraction of sp³-hybridized carbons (Fsp3) is 0. The zero-order valence-corrected chi connectivity index (χ0v) is 42.6. The highest BCUT2D eigenvalue weighted by atomic mass is 32.1. The van der Waals surface area contributed by atoms with Gasteiger partial charge in [0, 0.05) is 100 Å². The standard InChI is InChI=1S/C68H40N6OS2/c1-2-10-50-49(9-1)56-31-47(73(45-23-19-41(20-24-45)43-35-69-39-70-36-43)61-15-7-13-54-52-11-3-5-17-65(52)76-67(54)61)27-29-51(56)58-34-64-60(33-57(50)58)59-32-48(28-30-63(59)75-64)74(46-25-21-42(22-26-46)44-37-71-40-72-38-44)62-16-8-14-55-53-12-4-6-18-66(53)77-68(55)62/h1-40H. The molecule has 0 aliphatic rings. The van der Waals surface area contributed by atoms with Crippen LogP contribution in [0.15, 0.2) is 248 Å². The lowest BCUT2D eigenvalue weighted by Gasteiger charge is -2.27. The average molecular weight is 1020 g/mol. The number of benzene rings is 11. The Labute approximate surface area is 448 Å². The van der Waals surface area contributed by atoms with Crippen molar-refractivity contribution in [2.45, 2.75) is 0 Å². The first-order valence-corrected chi connectivity index (χ1v) is 27.2. The molecule has 11 aromatic carbocycles. The number of thiophene rings is 2. The zero-order chi connectivity index (χ0) is 50.6. The predicted octanol–water partition coefficient (Wildman–Crippen LogP) is 19.6. The Morgan fingerprint density at radius 3 is 1.25 bits per heavy atom. The van der Waals surface area contributed by atoms with Crippen molar-refractivity contribution in [2.75, 3.05) is 9.80 Å². The summed E-state index contributed by atoms with van der Waals surface area (Å²) in [7, 11) is 0. The van der Waals surface area contributed by atoms with Gasteiger partial charge in [0.15, 0.2) is 0 Å². The normalized spacial score (nSPS) is 11.9. The van der Waals surface area contributed by atoms with E-state index in [9.17, 15) is 0 Å². The van der Waals surface area contributed by atoms with Crippen molar-refractivity contribution in [2.24, 2.45) is 0 Å². The second kappa shape index (κ2) is 17.4. The van der Waals surface area contributed by atoms with Crippen LogP contribution < -0.4 is 9.80 Å². The highest BCUT2D eigenvalue weighted by Crippen LogP contribution is 2.49. The first kappa shape index (κ1) is 43.6. The van der Waals surface area contributed by atoms with E-state index in [4.69, 9.17) is 4.42 Å². The molecule has 9 heteroatoms. The van der Waals surface area contributed by atoms with E-state index < -0.39 is 0 Å². The number of nitrogens with zero attached hydrogens (tertiary/aromatic N) is 6. The van der Waals surface area contributed by atoms with Gasteiger partial charge in [-0.3, -0.25) is 0 Å². The Kier molecular flexibility index (Phi) is 9.85. The molecule has 16 aromatic rings. The molecule has 360 valence electrons. The summed E-state index contributed by atoms with van der Waals surface area (Å²) >= 11 is 3.68. The van der Waals surface area contributed by atoms with Gasteiger partial charge in [0.2, 0.25) is 0 Å². The minimum Gasteiger partial charge on any atom is -0.456 e. The molecule has 5 heterocycles. The Balaban J connectivity index is 0.872. The summed E-state index contributed by atoms with van der Waals surface area (Å²) in [6.45, 7) is 0. The van der Waals surface area contributed by atoms with Crippen LogP contribution in [0.3, 0.4) is 0 Å². The molecule has 0 N–H and O–H groups in total. The topological polar surface area (TPSA) is 71.2 Å². The maximum Gasteiger partial charge on any atom is 0.136 e. The molecular weight excluding hydrogens is 981 g/mol. The fourth-order valence-corrected chi connectivity index (χ4v) is 14.1. The van der Waals surface area contributed by atoms with E-state index in [0.717, 1.165) is 89.1 Å². The number of aromatic nitrogens is 4. The lowest BCUT2D eigenvalue weighted by molar-refractivity contribution is 0.669. The lowest BCUT2D eigenvalue weighted by atomic mass is 9.92. The molecule has 0 aliphatic heterocycles. The van der Waals surface area contributed by atoms with Crippen molar-refractivity contribution in [3.05, 3.63) is 244 Å². The number of hydrogen-bond acceptors (Lipinski definition) is 9. The van der Waals surface area contributed by atoms with E-state index in [1.807, 2.05) is 47.5 Å². The first-order chi connectivity index (χ1) is 38.2. The van der Waals surface area contributed by atoms with Gasteiger partial charge in [0.25, 0.3) is 0 Å². The third kappa shape index (κ3) is 7.02. The van der Waals surface area contributed by atoms with E-state index in [2.05, 4.69) is 236 Å². The Morgan fingerprint density at radius 2 is 0.701 bits per heavy atom. The third-order valence-electron chi connectivity index (χ3n) is 15.2. The number of hydrogen-bond donors (Lipinski definition) is 0. The number of fused-ring (bicyclic) bond motifs is 15. The van der Waals surface area contributed by atoms with Crippen LogP contribution in [0, 0.1) is 0 Å². The van der Waals surface area contributed by atoms with Crippen LogP contribution in [-0.2, 0) is 0 Å². The summed E-state index contributed by atoms with van der Waals surface area (Å²) in [5, 5.41) is 14.2. The molecule has 0 fully saturated rings. The predicted molar refractivity (Wildman–Crippen MR) is 323 cm³/mol. The molecule has 0 amide bonds. The molecule has 0 spiro atoms. The maximum absolute atomic E-state index is 6.88. The quantitative estimate of drug-likeness (QED) is 0.140. The van der Waals surface area contributed by atoms with Gasteiger partial charge in [-0.25, -0.2) is 19.9 Å². The molecule has 0 unspecified atom stereocenters. The summed E-state index contributed by atoms with van der Waals surface area (Å²) in [4.78, 5) is 22.0. The van der Waals surface area contributed by atoms with Crippen LogP contribution in [0.25, 0.3) is 117 Å². The van der Waals surface area contributed by atoms with Gasteiger partial charge in [-0.15, -0.1) is 22.7 Å². The average Bonchev–Trinajstić information content (AvgIpc) is 4.39. The molecule has 0 atom stereocenters. The summed E-state index contributed by atoms with van der Waals surface area (Å²) < 4.78 is 11.9. The van der Waals surface area contributed by atoms with Crippen molar-refractivity contribution in [1.29, 1.82) is 0 Å². The second-order valence-corrected chi connectivity index (χ2v) is 21.6. The van der Waals surface area contributed by atoms with Gasteiger partial charge in [0.1, 0.15) is 23.8 Å². The van der Waals surface area contributed by atoms with Gasteiger partial charge in [0.05, 0.1) is 20.8 Å². The second-order valence-electron chi connectivity index (χ2n) is 19.5. The highest BCUT2D eigenvalue weighted by Gasteiger charge is 2.23. The first-order valence-electron chi connectivity index (χ1n) is 25.5. The maximum atomic E-state index is 6.88. The largest absolute Gasteiger partial charge is 0.456 e. The number of rotatable bonds is 8. The minimum atomic E-state index is 0.839. The summed E-state index contributed by atoms with van der Waals surface area (Å²) in [5.74, 6) is 0. The number of anilines is 6. The van der Waals surface area contributed by atoms with E-state index in [1.165, 1.54) is 61.9 Å². The van der Waals surface area contributed by atoms with Crippen LogP contribution >= 0.6 is 22.7 Å². The smallest absolute Gasteiger partial charge is 0.136 e. The van der Waals surface area contributed by atoms with Gasteiger partial charge < -0.3 is 14.2 Å². The van der Waals surface area contributed by atoms with Crippen molar-refractivity contribution >= 4 is 151 Å². The molecule has 5 aromatic heterocycles. The molecule has 7 nitrogen and oxygen atoms in total. The summed E-state index contributed by atoms with van der Waals surface area (Å²) in [5.41, 5.74) is 12.2. The van der Waals surface area contributed by atoms with E-state index in [-0.39, 0.29) is 0 Å². The summed E-state index contributed by atoms with van der Waals surface area (Å²) in [6, 6.07) is 75.3. The van der Waals surface area contributed by atoms with Crippen molar-refractivity contribution in [1.82, 2.24) is 19.9 Å². The highest BCUT2D eigenvalue weighted by molar-refractivity contribution is 7.26. The summed E-state index contributed by atoms with van der Waals surface area (Å²) in [6.07, 6.45) is 10.6.